The summed E-state index contributed by atoms with van der Waals surface area (Å²) in [6.07, 6.45) is 6.17. The first-order valence-corrected chi connectivity index (χ1v) is 13.4. The Hall–Kier alpha value is -2.89. The van der Waals surface area contributed by atoms with E-state index in [1.807, 2.05) is 37.9 Å². The highest BCUT2D eigenvalue weighted by Crippen LogP contribution is 2.43. The molecule has 196 valence electrons. The molecule has 1 aliphatic rings. The standard InChI is InChI=1S/C31H37ClN2O3/c1-31(2,3)37-30(35)34-17-15-26(24-10-7-16-33-20-24)28(21-34)27-14-13-23(19-29(27)32)25-12-6-5-9-22(25)11-8-18-36-4/h5-7,9-10,12-14,16,19-20,26,28H,8,11,15,17-18,21H2,1-4H3. The van der Waals surface area contributed by atoms with E-state index in [4.69, 9.17) is 21.1 Å². The quantitative estimate of drug-likeness (QED) is 0.303. The maximum atomic E-state index is 13.0. The van der Waals surface area contributed by atoms with Gasteiger partial charge in [-0.1, -0.05) is 54.1 Å². The predicted octanol–water partition coefficient (Wildman–Crippen LogP) is 7.49. The first-order chi connectivity index (χ1) is 17.8. The number of hydrogen-bond acceptors (Lipinski definition) is 4. The minimum absolute atomic E-state index is 0.0314. The first kappa shape index (κ1) is 27.2. The van der Waals surface area contributed by atoms with Gasteiger partial charge >= 0.3 is 6.09 Å². The summed E-state index contributed by atoms with van der Waals surface area (Å²) < 4.78 is 10.9. The second kappa shape index (κ2) is 12.1. The zero-order valence-corrected chi connectivity index (χ0v) is 23.0. The third kappa shape index (κ3) is 6.91. The molecule has 4 rings (SSSR count). The van der Waals surface area contributed by atoms with Gasteiger partial charge in [-0.2, -0.15) is 0 Å². The van der Waals surface area contributed by atoms with Crippen LogP contribution in [0.15, 0.2) is 67.0 Å². The molecule has 0 N–H and O–H groups in total. The second-order valence-electron chi connectivity index (χ2n) is 10.7. The molecule has 37 heavy (non-hydrogen) atoms. The molecule has 0 bridgehead atoms. The molecule has 2 aromatic carbocycles. The van der Waals surface area contributed by atoms with Crippen LogP contribution >= 0.6 is 11.6 Å². The number of hydrogen-bond donors (Lipinski definition) is 0. The van der Waals surface area contributed by atoms with Gasteiger partial charge < -0.3 is 14.4 Å². The normalized spacial score (nSPS) is 18.0. The molecule has 3 aromatic rings. The SMILES string of the molecule is COCCCc1ccccc1-c1ccc(C2CN(C(=O)OC(C)(C)C)CCC2c2cccnc2)c(Cl)c1. The number of rotatable bonds is 7. The van der Waals surface area contributed by atoms with E-state index in [9.17, 15) is 4.79 Å². The van der Waals surface area contributed by atoms with Gasteiger partial charge in [0.25, 0.3) is 0 Å². The van der Waals surface area contributed by atoms with Gasteiger partial charge in [-0.05, 0) is 85.9 Å². The van der Waals surface area contributed by atoms with E-state index >= 15 is 0 Å². The zero-order chi connectivity index (χ0) is 26.4. The number of aryl methyl sites for hydroxylation is 1. The van der Waals surface area contributed by atoms with Crippen LogP contribution in [0.4, 0.5) is 4.79 Å². The van der Waals surface area contributed by atoms with E-state index in [1.54, 1.807) is 13.3 Å². The summed E-state index contributed by atoms with van der Waals surface area (Å²) in [7, 11) is 1.73. The molecule has 1 amide bonds. The van der Waals surface area contributed by atoms with Crippen LogP contribution in [0, 0.1) is 0 Å². The van der Waals surface area contributed by atoms with Crippen LogP contribution in [0.25, 0.3) is 11.1 Å². The van der Waals surface area contributed by atoms with Crippen LogP contribution < -0.4 is 0 Å². The van der Waals surface area contributed by atoms with E-state index in [0.717, 1.165) is 37.0 Å². The summed E-state index contributed by atoms with van der Waals surface area (Å²) in [5.74, 6) is 0.237. The topological polar surface area (TPSA) is 51.7 Å². The number of benzene rings is 2. The molecule has 0 saturated carbocycles. The third-order valence-electron chi connectivity index (χ3n) is 6.90. The van der Waals surface area contributed by atoms with E-state index in [-0.39, 0.29) is 17.9 Å². The summed E-state index contributed by atoms with van der Waals surface area (Å²) >= 11 is 7.01. The van der Waals surface area contributed by atoms with Crippen molar-refractivity contribution in [2.75, 3.05) is 26.8 Å². The number of nitrogens with zero attached hydrogens (tertiary/aromatic N) is 2. The smallest absolute Gasteiger partial charge is 0.410 e. The van der Waals surface area contributed by atoms with E-state index < -0.39 is 5.60 Å². The molecule has 2 unspecified atom stereocenters. The number of ether oxygens (including phenoxy) is 2. The molecular weight excluding hydrogens is 484 g/mol. The van der Waals surface area contributed by atoms with E-state index in [1.165, 1.54) is 16.7 Å². The lowest BCUT2D eigenvalue weighted by atomic mass is 9.77. The van der Waals surface area contributed by atoms with Gasteiger partial charge in [-0.15, -0.1) is 0 Å². The van der Waals surface area contributed by atoms with Crippen molar-refractivity contribution in [2.45, 2.75) is 57.5 Å². The van der Waals surface area contributed by atoms with Crippen LogP contribution in [-0.4, -0.2) is 48.4 Å². The highest BCUT2D eigenvalue weighted by atomic mass is 35.5. The van der Waals surface area contributed by atoms with E-state index in [2.05, 4.69) is 53.5 Å². The maximum Gasteiger partial charge on any atom is 0.410 e. The van der Waals surface area contributed by atoms with Gasteiger partial charge in [0.15, 0.2) is 0 Å². The summed E-state index contributed by atoms with van der Waals surface area (Å²) in [6.45, 7) is 7.60. The van der Waals surface area contributed by atoms with Gasteiger partial charge in [0.2, 0.25) is 0 Å². The number of carbonyl (C=O) groups is 1. The second-order valence-corrected chi connectivity index (χ2v) is 11.1. The lowest BCUT2D eigenvalue weighted by Crippen LogP contribution is -2.44. The number of amides is 1. The molecule has 1 aromatic heterocycles. The van der Waals surface area contributed by atoms with E-state index in [0.29, 0.717) is 18.1 Å². The number of pyridine rings is 1. The van der Waals surface area contributed by atoms with Crippen LogP contribution in [0.2, 0.25) is 5.02 Å². The predicted molar refractivity (Wildman–Crippen MR) is 149 cm³/mol. The fourth-order valence-electron chi connectivity index (χ4n) is 5.18. The minimum Gasteiger partial charge on any atom is -0.444 e. The molecule has 0 radical (unpaired) electrons. The van der Waals surface area contributed by atoms with Crippen molar-refractivity contribution in [2.24, 2.45) is 0 Å². The first-order valence-electron chi connectivity index (χ1n) is 13.0. The Morgan fingerprint density at radius 2 is 1.92 bits per heavy atom. The Morgan fingerprint density at radius 1 is 1.11 bits per heavy atom. The average molecular weight is 521 g/mol. The zero-order valence-electron chi connectivity index (χ0n) is 22.2. The van der Waals surface area contributed by atoms with Crippen molar-refractivity contribution in [3.63, 3.8) is 0 Å². The lowest BCUT2D eigenvalue weighted by Gasteiger charge is -2.39. The molecule has 5 nitrogen and oxygen atoms in total. The Balaban J connectivity index is 1.65. The summed E-state index contributed by atoms with van der Waals surface area (Å²) in [4.78, 5) is 19.1. The molecule has 6 heteroatoms. The Labute approximate surface area is 225 Å². The largest absolute Gasteiger partial charge is 0.444 e. The number of carbonyl (C=O) groups excluding carboxylic acids is 1. The van der Waals surface area contributed by atoms with Crippen molar-refractivity contribution in [1.29, 1.82) is 0 Å². The molecule has 1 aliphatic heterocycles. The molecule has 0 aliphatic carbocycles. The van der Waals surface area contributed by atoms with Crippen molar-refractivity contribution in [3.8, 4) is 11.1 Å². The fourth-order valence-corrected chi connectivity index (χ4v) is 5.50. The van der Waals surface area contributed by atoms with Crippen LogP contribution in [0.5, 0.6) is 0 Å². The molecule has 2 atom stereocenters. The van der Waals surface area contributed by atoms with Gasteiger partial charge in [-0.3, -0.25) is 4.98 Å². The van der Waals surface area contributed by atoms with Crippen molar-refractivity contribution in [3.05, 3.63) is 88.7 Å². The van der Waals surface area contributed by atoms with Crippen LogP contribution in [0.1, 0.15) is 62.1 Å². The summed E-state index contributed by atoms with van der Waals surface area (Å²) in [5.41, 5.74) is 5.24. The molecule has 1 saturated heterocycles. The lowest BCUT2D eigenvalue weighted by molar-refractivity contribution is 0.0184. The minimum atomic E-state index is -0.539. The molecule has 1 fully saturated rings. The van der Waals surface area contributed by atoms with Crippen molar-refractivity contribution >= 4 is 17.7 Å². The monoisotopic (exact) mass is 520 g/mol. The maximum absolute atomic E-state index is 13.0. The molecule has 2 heterocycles. The van der Waals surface area contributed by atoms with Crippen molar-refractivity contribution < 1.29 is 14.3 Å². The summed E-state index contributed by atoms with van der Waals surface area (Å²) in [6, 6.07) is 18.9. The Bertz CT molecular complexity index is 1190. The number of piperidine rings is 1. The van der Waals surface area contributed by atoms with Gasteiger partial charge in [0.1, 0.15) is 5.60 Å². The average Bonchev–Trinajstić information content (AvgIpc) is 2.88. The van der Waals surface area contributed by atoms with Gasteiger partial charge in [0.05, 0.1) is 0 Å². The highest BCUT2D eigenvalue weighted by Gasteiger charge is 2.36. The Kier molecular flexibility index (Phi) is 8.88. The summed E-state index contributed by atoms with van der Waals surface area (Å²) in [5, 5.41) is 0.717. The fraction of sp³-hybridized carbons (Fsp3) is 0.419. The molecule has 0 spiro atoms. The number of aromatic nitrogens is 1. The van der Waals surface area contributed by atoms with Crippen LogP contribution in [-0.2, 0) is 15.9 Å². The third-order valence-corrected chi connectivity index (χ3v) is 7.23. The van der Waals surface area contributed by atoms with Gasteiger partial charge in [-0.25, -0.2) is 4.79 Å². The highest BCUT2D eigenvalue weighted by molar-refractivity contribution is 6.31. The molecular formula is C31H37ClN2O3. The Morgan fingerprint density at radius 3 is 2.62 bits per heavy atom. The van der Waals surface area contributed by atoms with Crippen molar-refractivity contribution in [1.82, 2.24) is 9.88 Å². The van der Waals surface area contributed by atoms with Gasteiger partial charge in [0, 0.05) is 50.1 Å². The number of methoxy groups -OCH3 is 1. The number of likely N-dealkylation sites (tertiary alicyclic amines) is 1. The number of halogens is 1. The van der Waals surface area contributed by atoms with Crippen LogP contribution in [0.3, 0.4) is 0 Å².